The first-order valence-corrected chi connectivity index (χ1v) is 15.4. The Hall–Kier alpha value is -0.460. The summed E-state index contributed by atoms with van der Waals surface area (Å²) in [5, 5.41) is 0. The summed E-state index contributed by atoms with van der Waals surface area (Å²) in [5.74, 6) is 0. The Morgan fingerprint density at radius 2 is 0.938 bits per heavy atom. The van der Waals surface area contributed by atoms with Crippen molar-refractivity contribution in [1.29, 1.82) is 0 Å². The van der Waals surface area contributed by atoms with Crippen LogP contribution in [0.4, 0.5) is 0 Å². The van der Waals surface area contributed by atoms with E-state index >= 15 is 0 Å². The van der Waals surface area contributed by atoms with E-state index in [2.05, 4.69) is 58.3 Å². The minimum absolute atomic E-state index is 0.761. The summed E-state index contributed by atoms with van der Waals surface area (Å²) in [6.45, 7) is 6.59. The van der Waals surface area contributed by atoms with Crippen LogP contribution in [0.15, 0.2) is 58.3 Å². The zero-order valence-electron chi connectivity index (χ0n) is 17.4. The molecule has 0 bridgehead atoms. The van der Waals surface area contributed by atoms with E-state index in [1.54, 1.807) is 43.2 Å². The maximum Gasteiger partial charge on any atom is 0.147 e. The van der Waals surface area contributed by atoms with Gasteiger partial charge < -0.3 is 19.3 Å². The number of hydrogen-bond donors (Lipinski definition) is 0. The van der Waals surface area contributed by atoms with Crippen LogP contribution in [0, 0.1) is 0 Å². The van der Waals surface area contributed by atoms with Gasteiger partial charge >= 0.3 is 0 Å². The number of rotatable bonds is 5. The smallest absolute Gasteiger partial charge is 0.147 e. The predicted molar refractivity (Wildman–Crippen MR) is 149 cm³/mol. The highest BCUT2D eigenvalue weighted by Gasteiger charge is 2.15. The highest BCUT2D eigenvalue weighted by atomic mass is 33.1. The molecule has 0 atom stereocenters. The molecule has 0 aromatic heterocycles. The summed E-state index contributed by atoms with van der Waals surface area (Å²) >= 11 is 11.1. The molecule has 2 aliphatic heterocycles. The van der Waals surface area contributed by atoms with E-state index in [0.29, 0.717) is 0 Å². The van der Waals surface area contributed by atoms with Crippen LogP contribution in [0.3, 0.4) is 0 Å². The van der Waals surface area contributed by atoms with Crippen molar-refractivity contribution >= 4 is 76.3 Å². The number of nitrogens with zero attached hydrogens (tertiary/aromatic N) is 2. The van der Waals surface area contributed by atoms with Crippen LogP contribution in [-0.4, -0.2) is 71.0 Å². The lowest BCUT2D eigenvalue weighted by molar-refractivity contribution is 0.0702. The largest absolute Gasteiger partial charge is 0.378 e. The summed E-state index contributed by atoms with van der Waals surface area (Å²) in [5.41, 5.74) is 2.42. The summed E-state index contributed by atoms with van der Waals surface area (Å²) in [7, 11) is 6.72. The van der Waals surface area contributed by atoms with Gasteiger partial charge in [-0.1, -0.05) is 70.3 Å². The first-order chi connectivity index (χ1) is 15.7. The molecule has 2 saturated heterocycles. The number of benzene rings is 2. The highest BCUT2D eigenvalue weighted by molar-refractivity contribution is 8.84. The Morgan fingerprint density at radius 1 is 0.594 bits per heavy atom. The van der Waals surface area contributed by atoms with E-state index < -0.39 is 0 Å². The Labute approximate surface area is 216 Å². The maximum absolute atomic E-state index is 5.55. The van der Waals surface area contributed by atoms with Gasteiger partial charge in [0.25, 0.3) is 0 Å². The molecular formula is C22H24N2O2S6. The van der Waals surface area contributed by atoms with Crippen molar-refractivity contribution in [3.8, 4) is 11.1 Å². The van der Waals surface area contributed by atoms with Gasteiger partial charge in [-0.15, -0.1) is 0 Å². The van der Waals surface area contributed by atoms with Crippen LogP contribution in [-0.2, 0) is 9.47 Å². The van der Waals surface area contributed by atoms with Crippen LogP contribution < -0.4 is 0 Å². The first-order valence-electron chi connectivity index (χ1n) is 10.3. The second kappa shape index (κ2) is 12.9. The molecule has 0 aliphatic carbocycles. The van der Waals surface area contributed by atoms with Gasteiger partial charge in [0, 0.05) is 36.0 Å². The van der Waals surface area contributed by atoms with Crippen molar-refractivity contribution in [2.24, 2.45) is 0 Å². The van der Waals surface area contributed by atoms with Crippen molar-refractivity contribution in [2.45, 2.75) is 9.79 Å². The van der Waals surface area contributed by atoms with E-state index in [-0.39, 0.29) is 0 Å². The van der Waals surface area contributed by atoms with Crippen molar-refractivity contribution in [2.75, 3.05) is 52.6 Å². The summed E-state index contributed by atoms with van der Waals surface area (Å²) in [4.78, 5) is 6.84. The van der Waals surface area contributed by atoms with Crippen LogP contribution >= 0.6 is 67.6 Å². The standard InChI is InChI=1S/C22H24N2O2S6/c27-21(23-9-13-25-14-10-23)31-29-19-5-1-17(2-6-19)18-3-7-20(8-4-18)30-32-22(28)24-11-15-26-16-12-24/h1-8H,9-16H2. The zero-order chi connectivity index (χ0) is 22.2. The van der Waals surface area contributed by atoms with E-state index in [0.717, 1.165) is 61.2 Å². The fourth-order valence-electron chi connectivity index (χ4n) is 3.17. The van der Waals surface area contributed by atoms with Crippen LogP contribution in [0.5, 0.6) is 0 Å². The third-order valence-corrected chi connectivity index (χ3v) is 11.1. The van der Waals surface area contributed by atoms with Gasteiger partial charge in [0.15, 0.2) is 0 Å². The van der Waals surface area contributed by atoms with Gasteiger partial charge in [0.1, 0.15) is 8.64 Å². The fourth-order valence-corrected chi connectivity index (χ4v) is 7.86. The van der Waals surface area contributed by atoms with E-state index in [1.165, 1.54) is 20.9 Å². The van der Waals surface area contributed by atoms with Crippen LogP contribution in [0.25, 0.3) is 11.1 Å². The lowest BCUT2D eigenvalue weighted by atomic mass is 10.1. The van der Waals surface area contributed by atoms with Gasteiger partial charge in [-0.3, -0.25) is 0 Å². The second-order valence-corrected chi connectivity index (χ2v) is 12.8. The molecule has 0 amide bonds. The predicted octanol–water partition coefficient (Wildman–Crippen LogP) is 6.07. The Kier molecular flexibility index (Phi) is 9.90. The molecule has 0 spiro atoms. The molecule has 2 fully saturated rings. The fraction of sp³-hybridized carbons (Fsp3) is 0.364. The number of thiocarbonyl (C=S) groups is 2. The molecule has 2 aliphatic rings. The minimum Gasteiger partial charge on any atom is -0.378 e. The molecular weight excluding hydrogens is 517 g/mol. The lowest BCUT2D eigenvalue weighted by Crippen LogP contribution is -2.38. The molecule has 10 heteroatoms. The molecule has 2 heterocycles. The first kappa shape index (κ1) is 24.7. The van der Waals surface area contributed by atoms with Gasteiger partial charge in [-0.05, 0) is 57.0 Å². The van der Waals surface area contributed by atoms with Gasteiger partial charge in [0.05, 0.1) is 26.4 Å². The minimum atomic E-state index is 0.761. The van der Waals surface area contributed by atoms with Crippen LogP contribution in [0.2, 0.25) is 0 Å². The summed E-state index contributed by atoms with van der Waals surface area (Å²) in [6, 6.07) is 17.3. The topological polar surface area (TPSA) is 24.9 Å². The van der Waals surface area contributed by atoms with E-state index in [4.69, 9.17) is 33.9 Å². The molecule has 0 saturated carbocycles. The monoisotopic (exact) mass is 540 g/mol. The van der Waals surface area contributed by atoms with Gasteiger partial charge in [0.2, 0.25) is 0 Å². The summed E-state index contributed by atoms with van der Waals surface area (Å²) in [6.07, 6.45) is 0. The second-order valence-electron chi connectivity index (χ2n) is 7.11. The van der Waals surface area contributed by atoms with E-state index in [1.807, 2.05) is 0 Å². The molecule has 4 nitrogen and oxygen atoms in total. The average molecular weight is 541 g/mol. The SMILES string of the molecule is S=C(SSc1ccc(-c2ccc(SSC(=S)N3CCOCC3)cc2)cc1)N1CCOCC1. The molecule has 32 heavy (non-hydrogen) atoms. The number of ether oxygens (including phenoxy) is 2. The van der Waals surface area contributed by atoms with Gasteiger partial charge in [-0.2, -0.15) is 0 Å². The normalized spacial score (nSPS) is 16.8. The maximum atomic E-state index is 5.55. The number of morpholine rings is 2. The lowest BCUT2D eigenvalue weighted by Gasteiger charge is -2.28. The third-order valence-electron chi connectivity index (χ3n) is 5.00. The molecule has 0 radical (unpaired) electrons. The van der Waals surface area contributed by atoms with Crippen molar-refractivity contribution in [1.82, 2.24) is 9.80 Å². The summed E-state index contributed by atoms with van der Waals surface area (Å²) < 4.78 is 12.6. The molecule has 0 unspecified atom stereocenters. The number of hydrogen-bond acceptors (Lipinski definition) is 8. The van der Waals surface area contributed by atoms with E-state index in [9.17, 15) is 0 Å². The molecule has 2 aromatic carbocycles. The Morgan fingerprint density at radius 3 is 1.28 bits per heavy atom. The average Bonchev–Trinajstić information content (AvgIpc) is 2.87. The Bertz CT molecular complexity index is 822. The van der Waals surface area contributed by atoms with Crippen molar-refractivity contribution in [3.63, 3.8) is 0 Å². The van der Waals surface area contributed by atoms with Gasteiger partial charge in [-0.25, -0.2) is 0 Å². The quantitative estimate of drug-likeness (QED) is 0.328. The van der Waals surface area contributed by atoms with Crippen molar-refractivity contribution < 1.29 is 9.47 Å². The molecule has 2 aromatic rings. The zero-order valence-corrected chi connectivity index (χ0v) is 22.3. The van der Waals surface area contributed by atoms with Crippen LogP contribution in [0.1, 0.15) is 0 Å². The molecule has 170 valence electrons. The highest BCUT2D eigenvalue weighted by Crippen LogP contribution is 2.36. The Balaban J connectivity index is 1.25. The third kappa shape index (κ3) is 7.27. The molecule has 0 N–H and O–H groups in total. The molecule has 4 rings (SSSR count). The van der Waals surface area contributed by atoms with Crippen molar-refractivity contribution in [3.05, 3.63) is 48.5 Å².